The molecule has 0 amide bonds. The van der Waals surface area contributed by atoms with Crippen molar-refractivity contribution in [3.05, 3.63) is 29.8 Å². The Kier molecular flexibility index (Phi) is 20.8. The zero-order valence-corrected chi connectivity index (χ0v) is 15.9. The molecule has 10 N–H and O–H groups in total. The molecule has 25 heavy (non-hydrogen) atoms. The van der Waals surface area contributed by atoms with Gasteiger partial charge >= 0.3 is 40.2 Å². The van der Waals surface area contributed by atoms with E-state index in [-0.39, 0.29) is 22.7 Å². The normalized spacial score (nSPS) is 10.2. The Hall–Kier alpha value is -1.04. The maximum atomic E-state index is 9.39. The number of aliphatic imine (C=N–C) groups is 1. The Morgan fingerprint density at radius 3 is 1.92 bits per heavy atom. The minimum atomic E-state index is -4.67. The molecule has 0 aromatic heterocycles. The van der Waals surface area contributed by atoms with Crippen LogP contribution in [-0.2, 0) is 31.4 Å². The van der Waals surface area contributed by atoms with Crippen molar-refractivity contribution in [1.29, 1.82) is 0 Å². The number of nitrogens with zero attached hydrogens (tertiary/aromatic N) is 1. The first kappa shape index (κ1) is 31.7. The molecule has 0 aliphatic heterocycles. The van der Waals surface area contributed by atoms with E-state index in [1.54, 1.807) is 24.3 Å². The second-order valence-corrected chi connectivity index (χ2v) is 6.86. The van der Waals surface area contributed by atoms with Crippen LogP contribution in [0.2, 0.25) is 6.04 Å². The van der Waals surface area contributed by atoms with Gasteiger partial charge in [-0.2, -0.15) is 8.42 Å². The van der Waals surface area contributed by atoms with Crippen molar-refractivity contribution in [3.8, 4) is 5.75 Å². The first-order valence-corrected chi connectivity index (χ1v) is 9.84. The molecule has 1 aromatic carbocycles. The van der Waals surface area contributed by atoms with Gasteiger partial charge in [0, 0.05) is 24.4 Å². The molecule has 1 rings (SSSR count). The van der Waals surface area contributed by atoms with Crippen molar-refractivity contribution >= 4 is 25.4 Å². The van der Waals surface area contributed by atoms with Crippen molar-refractivity contribution in [2.75, 3.05) is 6.54 Å². The summed E-state index contributed by atoms with van der Waals surface area (Å²) in [7, 11) is -8.59. The van der Waals surface area contributed by atoms with E-state index in [0.29, 0.717) is 18.5 Å². The molecule has 0 spiro atoms. The van der Waals surface area contributed by atoms with Gasteiger partial charge in [-0.15, -0.1) is 0 Å². The topological polar surface area (TPSA) is 248 Å². The van der Waals surface area contributed by atoms with E-state index in [1.165, 1.54) is 6.21 Å². The Morgan fingerprint density at radius 2 is 1.52 bits per heavy atom. The Morgan fingerprint density at radius 1 is 1.08 bits per heavy atom. The molecule has 12 nitrogen and oxygen atoms in total. The predicted octanol–water partition coefficient (Wildman–Crippen LogP) is -2.31. The van der Waals surface area contributed by atoms with Crippen molar-refractivity contribution in [2.24, 2.45) is 4.99 Å². The average molecular weight is 442 g/mol. The molecule has 0 atom stereocenters. The second-order valence-electron chi connectivity index (χ2n) is 3.92. The van der Waals surface area contributed by atoms with Crippen LogP contribution < -0.4 is 0 Å². The number of benzene rings is 1. The summed E-state index contributed by atoms with van der Waals surface area (Å²) in [5, 5.41) is 9.39. The maximum absolute atomic E-state index is 9.39. The summed E-state index contributed by atoms with van der Waals surface area (Å²) in [6, 6.07) is 6.77. The van der Waals surface area contributed by atoms with E-state index in [1.807, 2.05) is 0 Å². The van der Waals surface area contributed by atoms with Crippen molar-refractivity contribution in [1.82, 2.24) is 0 Å². The molecule has 15 heteroatoms. The number of aromatic hydroxyl groups is 1. The van der Waals surface area contributed by atoms with Crippen LogP contribution in [0, 0.1) is 0 Å². The second kappa shape index (κ2) is 16.4. The number of hydrogen-bond donors (Lipinski definition) is 6. The van der Waals surface area contributed by atoms with Crippen LogP contribution in [0.5, 0.6) is 5.75 Å². The van der Waals surface area contributed by atoms with Crippen LogP contribution in [0.3, 0.4) is 0 Å². The fourth-order valence-electron chi connectivity index (χ4n) is 1.17. The van der Waals surface area contributed by atoms with Crippen LogP contribution >= 0.6 is 0 Å². The van der Waals surface area contributed by atoms with Gasteiger partial charge in [0.25, 0.3) is 0 Å². The number of rotatable bonds is 5. The molecular weight excluding hydrogens is 421 g/mol. The van der Waals surface area contributed by atoms with Crippen LogP contribution in [-0.4, -0.2) is 69.5 Å². The van der Waals surface area contributed by atoms with E-state index in [0.717, 1.165) is 17.4 Å². The van der Waals surface area contributed by atoms with Gasteiger partial charge in [0.15, 0.2) is 0 Å². The van der Waals surface area contributed by atoms with Gasteiger partial charge in [-0.3, -0.25) is 14.1 Å². The third kappa shape index (κ3) is 28.1. The molecule has 147 valence electrons. The van der Waals surface area contributed by atoms with Crippen molar-refractivity contribution in [2.45, 2.75) is 12.5 Å². The summed E-state index contributed by atoms with van der Waals surface area (Å²) in [6.45, 7) is 0.380. The molecule has 0 saturated heterocycles. The Balaban J connectivity index is -0.000000212. The van der Waals surface area contributed by atoms with Crippen LogP contribution in [0.25, 0.3) is 0 Å². The predicted molar refractivity (Wildman–Crippen MR) is 84.5 cm³/mol. The van der Waals surface area contributed by atoms with E-state index in [2.05, 4.69) is 4.99 Å². The van der Waals surface area contributed by atoms with Crippen LogP contribution in [0.15, 0.2) is 29.3 Å². The molecule has 0 saturated carbocycles. The van der Waals surface area contributed by atoms with Gasteiger partial charge in [0.1, 0.15) is 5.75 Å². The first-order valence-electron chi connectivity index (χ1n) is 5.82. The molecule has 0 radical (unpaired) electrons. The van der Waals surface area contributed by atoms with E-state index in [4.69, 9.17) is 35.6 Å². The Labute approximate surface area is 154 Å². The fraction of sp³-hybridized carbons (Fsp3) is 0.300. The van der Waals surface area contributed by atoms with E-state index < -0.39 is 19.2 Å². The zero-order valence-electron chi connectivity index (χ0n) is 12.7. The average Bonchev–Trinajstić information content (AvgIpc) is 2.39. The van der Waals surface area contributed by atoms with Gasteiger partial charge < -0.3 is 30.4 Å². The van der Waals surface area contributed by atoms with E-state index >= 15 is 0 Å². The summed E-state index contributed by atoms with van der Waals surface area (Å²) in [6.07, 6.45) is 1.92. The summed E-state index contributed by atoms with van der Waals surface area (Å²) >= 11 is 1.06. The Bertz CT molecular complexity index is 570. The minimum absolute atomic E-state index is 0. The molecule has 1 aromatic rings. The van der Waals surface area contributed by atoms with Crippen LogP contribution in [0.1, 0.15) is 12.0 Å². The molecule has 0 bridgehead atoms. The standard InChI is InChI=1S/C10H15NO4Si.H2O4S.2H2O.O.V/c12-10-5-2-1-4-9(10)8-11-6-3-7-16(13,14)15;1-5(2,3)4;;;;/h1-2,4-5,8,12-15H,3,6-7H2;(H2,1,2,3,4);2*1H2;;. The SMILES string of the molecule is O.O.O=S(=O)(O)O.Oc1ccccc1C=NCCC[Si](O)(O)O.[O]=[V]. The third-order valence-electron chi connectivity index (χ3n) is 1.97. The molecule has 0 fully saturated rings. The third-order valence-corrected chi connectivity index (χ3v) is 2.99. The molecular formula is C10H21NO11SSiV. The molecule has 0 aliphatic carbocycles. The summed E-state index contributed by atoms with van der Waals surface area (Å²) in [5.41, 5.74) is 0.614. The number of para-hydroxylation sites is 1. The monoisotopic (exact) mass is 442 g/mol. The van der Waals surface area contributed by atoms with Gasteiger partial charge in [0.05, 0.1) is 0 Å². The number of phenolic OH excluding ortho intramolecular Hbond substituents is 1. The number of phenols is 1. The quantitative estimate of drug-likeness (QED) is 0.124. The molecule has 0 unspecified atom stereocenters. The summed E-state index contributed by atoms with van der Waals surface area (Å²) in [4.78, 5) is 30.2. The van der Waals surface area contributed by atoms with Gasteiger partial charge in [0.2, 0.25) is 0 Å². The summed E-state index contributed by atoms with van der Waals surface area (Å²) in [5.74, 6) is 0.154. The molecule has 0 heterocycles. The zero-order chi connectivity index (χ0) is 18.5. The van der Waals surface area contributed by atoms with Crippen molar-refractivity contribution < 1.29 is 69.0 Å². The molecule has 0 aliphatic rings. The van der Waals surface area contributed by atoms with Gasteiger partial charge in [-0.25, -0.2) is 0 Å². The van der Waals surface area contributed by atoms with Crippen LogP contribution in [0.4, 0.5) is 0 Å². The van der Waals surface area contributed by atoms with Gasteiger partial charge in [-0.1, -0.05) is 12.1 Å². The van der Waals surface area contributed by atoms with Gasteiger partial charge in [-0.05, 0) is 18.6 Å². The first-order chi connectivity index (χ1) is 10.5. The van der Waals surface area contributed by atoms with E-state index in [9.17, 15) is 5.11 Å². The summed E-state index contributed by atoms with van der Waals surface area (Å²) < 4.78 is 39.8. The fourth-order valence-corrected chi connectivity index (χ4v) is 1.80. The van der Waals surface area contributed by atoms with Crippen molar-refractivity contribution in [3.63, 3.8) is 0 Å². The number of hydrogen-bond acceptors (Lipinski definition) is 8.